The number of urea groups is 1. The van der Waals surface area contributed by atoms with Crippen molar-refractivity contribution in [3.63, 3.8) is 0 Å². The highest BCUT2D eigenvalue weighted by molar-refractivity contribution is 6.09. The highest BCUT2D eigenvalue weighted by Gasteiger charge is 2.31. The second-order valence-electron chi connectivity index (χ2n) is 5.30. The average Bonchev–Trinajstić information content (AvgIpc) is 2.50. The number of hydrogen-bond donors (Lipinski definition) is 3. The number of anilines is 2. The van der Waals surface area contributed by atoms with E-state index in [4.69, 9.17) is 0 Å². The number of fused-ring (bicyclic) bond motifs is 1. The highest BCUT2D eigenvalue weighted by Crippen LogP contribution is 2.28. The topological polar surface area (TPSA) is 98.7 Å². The fourth-order valence-electron chi connectivity index (χ4n) is 2.31. The Bertz CT molecular complexity index is 602. The molecule has 1 heterocycles. The van der Waals surface area contributed by atoms with Gasteiger partial charge >= 0.3 is 12.0 Å². The summed E-state index contributed by atoms with van der Waals surface area (Å²) in [5.41, 5.74) is 1.08. The van der Waals surface area contributed by atoms with Crippen molar-refractivity contribution in [2.75, 3.05) is 16.8 Å². The number of hydrogen-bond acceptors (Lipinski definition) is 3. The number of nitrogens with zero attached hydrogens (tertiary/aromatic N) is 1. The molecule has 1 aliphatic heterocycles. The van der Waals surface area contributed by atoms with Gasteiger partial charge in [0, 0.05) is 0 Å². The van der Waals surface area contributed by atoms with Crippen LogP contribution in [-0.4, -0.2) is 35.6 Å². The Morgan fingerprint density at radius 1 is 1.41 bits per heavy atom. The zero-order valence-electron chi connectivity index (χ0n) is 12.5. The third-order valence-electron chi connectivity index (χ3n) is 3.77. The lowest BCUT2D eigenvalue weighted by Gasteiger charge is -2.31. The van der Waals surface area contributed by atoms with Gasteiger partial charge in [-0.05, 0) is 18.1 Å². The summed E-state index contributed by atoms with van der Waals surface area (Å²) in [5, 5.41) is 14.4. The van der Waals surface area contributed by atoms with Crippen molar-refractivity contribution in [1.29, 1.82) is 0 Å². The van der Waals surface area contributed by atoms with E-state index in [0.717, 1.165) is 0 Å². The van der Waals surface area contributed by atoms with Crippen LogP contribution < -0.4 is 15.5 Å². The summed E-state index contributed by atoms with van der Waals surface area (Å²) in [4.78, 5) is 36.7. The number of carbonyl (C=O) groups excluding carboxylic acids is 2. The smallest absolute Gasteiger partial charge is 0.326 e. The quantitative estimate of drug-likeness (QED) is 0.787. The molecule has 0 aliphatic carbocycles. The Morgan fingerprint density at radius 3 is 2.73 bits per heavy atom. The average molecular weight is 305 g/mol. The fraction of sp³-hybridized carbons (Fsp3) is 0.400. The van der Waals surface area contributed by atoms with Gasteiger partial charge in [0.05, 0.1) is 11.4 Å². The number of aliphatic carboxylic acids is 1. The van der Waals surface area contributed by atoms with Crippen molar-refractivity contribution >= 4 is 29.3 Å². The van der Waals surface area contributed by atoms with E-state index in [1.807, 2.05) is 6.92 Å². The number of para-hydroxylation sites is 2. The largest absolute Gasteiger partial charge is 0.480 e. The third-order valence-corrected chi connectivity index (χ3v) is 3.77. The van der Waals surface area contributed by atoms with Crippen molar-refractivity contribution in [2.24, 2.45) is 5.92 Å². The van der Waals surface area contributed by atoms with Crippen LogP contribution in [0.15, 0.2) is 24.3 Å². The number of carboxylic acids is 1. The van der Waals surface area contributed by atoms with Crippen molar-refractivity contribution in [2.45, 2.75) is 26.3 Å². The summed E-state index contributed by atoms with van der Waals surface area (Å²) in [7, 11) is 0. The minimum atomic E-state index is -1.09. The Morgan fingerprint density at radius 2 is 2.09 bits per heavy atom. The van der Waals surface area contributed by atoms with Gasteiger partial charge < -0.3 is 15.7 Å². The van der Waals surface area contributed by atoms with E-state index in [-0.39, 0.29) is 18.4 Å². The Hall–Kier alpha value is -2.57. The van der Waals surface area contributed by atoms with Crippen LogP contribution in [0.2, 0.25) is 0 Å². The van der Waals surface area contributed by atoms with E-state index in [0.29, 0.717) is 17.8 Å². The first-order valence-electron chi connectivity index (χ1n) is 7.13. The van der Waals surface area contributed by atoms with Crippen LogP contribution in [0.1, 0.15) is 20.3 Å². The maximum atomic E-state index is 12.4. The number of carboxylic acid groups (broad SMARTS) is 1. The summed E-state index contributed by atoms with van der Waals surface area (Å²) in [6.45, 7) is 3.47. The second-order valence-corrected chi connectivity index (χ2v) is 5.30. The van der Waals surface area contributed by atoms with Crippen molar-refractivity contribution in [3.8, 4) is 0 Å². The summed E-state index contributed by atoms with van der Waals surface area (Å²) >= 11 is 0. The molecule has 7 heteroatoms. The Labute approximate surface area is 128 Å². The fourth-order valence-corrected chi connectivity index (χ4v) is 2.31. The minimum Gasteiger partial charge on any atom is -0.480 e. The van der Waals surface area contributed by atoms with Gasteiger partial charge in [-0.1, -0.05) is 32.4 Å². The third kappa shape index (κ3) is 3.19. The van der Waals surface area contributed by atoms with E-state index in [1.54, 1.807) is 31.2 Å². The van der Waals surface area contributed by atoms with Gasteiger partial charge in [0.2, 0.25) is 5.91 Å². The number of amides is 3. The molecule has 0 radical (unpaired) electrons. The second kappa shape index (κ2) is 6.46. The lowest BCUT2D eigenvalue weighted by Crippen LogP contribution is -2.53. The molecule has 0 saturated heterocycles. The molecule has 0 saturated carbocycles. The van der Waals surface area contributed by atoms with Gasteiger partial charge in [0.15, 0.2) is 0 Å². The molecule has 1 aliphatic rings. The molecule has 0 fully saturated rings. The monoisotopic (exact) mass is 305 g/mol. The van der Waals surface area contributed by atoms with Crippen LogP contribution in [0, 0.1) is 5.92 Å². The molecule has 1 aromatic rings. The van der Waals surface area contributed by atoms with Crippen LogP contribution in [0.25, 0.3) is 0 Å². The Kier molecular flexibility index (Phi) is 4.65. The molecule has 0 spiro atoms. The molecule has 2 rings (SSSR count). The highest BCUT2D eigenvalue weighted by atomic mass is 16.4. The number of rotatable bonds is 4. The first kappa shape index (κ1) is 15.8. The molecule has 2 atom stereocenters. The minimum absolute atomic E-state index is 0.143. The SMILES string of the molecule is CC[C@H](C)[C@H](NC(=O)N1CC(=O)Nc2ccccc21)C(=O)O. The van der Waals surface area contributed by atoms with Gasteiger partial charge in [-0.3, -0.25) is 9.69 Å². The van der Waals surface area contributed by atoms with Crippen molar-refractivity contribution in [1.82, 2.24) is 5.32 Å². The van der Waals surface area contributed by atoms with Crippen LogP contribution in [0.3, 0.4) is 0 Å². The molecule has 0 aromatic heterocycles. The van der Waals surface area contributed by atoms with E-state index >= 15 is 0 Å². The summed E-state index contributed by atoms with van der Waals surface area (Å²) in [6, 6.07) is 5.31. The standard InChI is InChI=1S/C15H19N3O4/c1-3-9(2)13(14(20)21)17-15(22)18-8-12(19)16-10-6-4-5-7-11(10)18/h4-7,9,13H,3,8H2,1-2H3,(H,16,19)(H,17,22)(H,20,21)/t9-,13-/m0/s1. The molecule has 7 nitrogen and oxygen atoms in total. The molecule has 118 valence electrons. The normalized spacial score (nSPS) is 16.3. The van der Waals surface area contributed by atoms with Crippen LogP contribution in [-0.2, 0) is 9.59 Å². The molecular formula is C15H19N3O4. The zero-order chi connectivity index (χ0) is 16.3. The molecule has 0 unspecified atom stereocenters. The van der Waals surface area contributed by atoms with Gasteiger partial charge in [-0.15, -0.1) is 0 Å². The van der Waals surface area contributed by atoms with E-state index in [1.165, 1.54) is 4.90 Å². The molecular weight excluding hydrogens is 286 g/mol. The maximum Gasteiger partial charge on any atom is 0.326 e. The van der Waals surface area contributed by atoms with E-state index in [9.17, 15) is 19.5 Å². The van der Waals surface area contributed by atoms with Crippen molar-refractivity contribution in [3.05, 3.63) is 24.3 Å². The lowest BCUT2D eigenvalue weighted by molar-refractivity contribution is -0.140. The summed E-state index contributed by atoms with van der Waals surface area (Å²) < 4.78 is 0. The first-order valence-corrected chi connectivity index (χ1v) is 7.13. The molecule has 1 aromatic carbocycles. The molecule has 3 N–H and O–H groups in total. The first-order chi connectivity index (χ1) is 10.4. The van der Waals surface area contributed by atoms with Crippen LogP contribution >= 0.6 is 0 Å². The van der Waals surface area contributed by atoms with Gasteiger partial charge in [0.25, 0.3) is 0 Å². The zero-order valence-corrected chi connectivity index (χ0v) is 12.5. The van der Waals surface area contributed by atoms with E-state index in [2.05, 4.69) is 10.6 Å². The lowest BCUT2D eigenvalue weighted by atomic mass is 9.99. The molecule has 22 heavy (non-hydrogen) atoms. The van der Waals surface area contributed by atoms with Gasteiger partial charge in [-0.2, -0.15) is 0 Å². The van der Waals surface area contributed by atoms with E-state index < -0.39 is 18.0 Å². The Balaban J connectivity index is 2.22. The van der Waals surface area contributed by atoms with Crippen molar-refractivity contribution < 1.29 is 19.5 Å². The summed E-state index contributed by atoms with van der Waals surface area (Å²) in [6.07, 6.45) is 0.619. The number of benzene rings is 1. The van der Waals surface area contributed by atoms with Gasteiger partial charge in [0.1, 0.15) is 12.6 Å². The summed E-state index contributed by atoms with van der Waals surface area (Å²) in [5.74, 6) is -1.61. The van der Waals surface area contributed by atoms with Crippen LogP contribution in [0.4, 0.5) is 16.2 Å². The maximum absolute atomic E-state index is 12.4. The molecule has 3 amide bonds. The number of nitrogens with one attached hydrogen (secondary N) is 2. The predicted molar refractivity (Wildman–Crippen MR) is 81.8 cm³/mol. The predicted octanol–water partition coefficient (Wildman–Crippen LogP) is 1.65. The number of carbonyl (C=O) groups is 3. The van der Waals surface area contributed by atoms with Gasteiger partial charge in [-0.25, -0.2) is 9.59 Å². The van der Waals surface area contributed by atoms with Crippen LogP contribution in [0.5, 0.6) is 0 Å². The molecule has 0 bridgehead atoms.